The topological polar surface area (TPSA) is 24.1 Å². The maximum atomic E-state index is 3.61. The molecule has 2 nitrogen and oxygen atoms in total. The molecular formula is C32H28N2. The second kappa shape index (κ2) is 9.68. The van der Waals surface area contributed by atoms with E-state index in [1.807, 2.05) is 12.1 Å². The molecule has 5 rings (SSSR count). The average molecular weight is 441 g/mol. The van der Waals surface area contributed by atoms with Gasteiger partial charge >= 0.3 is 0 Å². The van der Waals surface area contributed by atoms with Crippen LogP contribution in [0.2, 0.25) is 0 Å². The Morgan fingerprint density at radius 2 is 0.706 bits per heavy atom. The SMILES string of the molecule is Cc1cc(Nc2ccc(-c3ccccc3)cc2)c(Nc2ccc(-c3ccccc3)cc2)cc1C. The zero-order valence-electron chi connectivity index (χ0n) is 19.5. The molecule has 0 aliphatic rings. The van der Waals surface area contributed by atoms with Crippen LogP contribution in [0.25, 0.3) is 22.3 Å². The van der Waals surface area contributed by atoms with Gasteiger partial charge in [0, 0.05) is 11.4 Å². The predicted molar refractivity (Wildman–Crippen MR) is 146 cm³/mol. The molecule has 0 amide bonds. The van der Waals surface area contributed by atoms with Gasteiger partial charge in [-0.3, -0.25) is 0 Å². The Kier molecular flexibility index (Phi) is 6.13. The lowest BCUT2D eigenvalue weighted by atomic mass is 10.0. The lowest BCUT2D eigenvalue weighted by Crippen LogP contribution is -1.99. The van der Waals surface area contributed by atoms with Crippen molar-refractivity contribution in [2.45, 2.75) is 13.8 Å². The van der Waals surface area contributed by atoms with Gasteiger partial charge in [-0.25, -0.2) is 0 Å². The molecule has 166 valence electrons. The maximum absolute atomic E-state index is 3.61. The molecule has 5 aromatic rings. The Hall–Kier alpha value is -4.30. The maximum Gasteiger partial charge on any atom is 0.0626 e. The van der Waals surface area contributed by atoms with Gasteiger partial charge < -0.3 is 10.6 Å². The molecule has 0 aromatic heterocycles. The van der Waals surface area contributed by atoms with Crippen molar-refractivity contribution in [1.82, 2.24) is 0 Å². The van der Waals surface area contributed by atoms with E-state index in [4.69, 9.17) is 0 Å². The Morgan fingerprint density at radius 3 is 1.06 bits per heavy atom. The molecule has 5 aromatic carbocycles. The van der Waals surface area contributed by atoms with E-state index in [9.17, 15) is 0 Å². The van der Waals surface area contributed by atoms with Crippen molar-refractivity contribution in [1.29, 1.82) is 0 Å². The van der Waals surface area contributed by atoms with Crippen molar-refractivity contribution in [3.8, 4) is 22.3 Å². The predicted octanol–water partition coefficient (Wildman–Crippen LogP) is 9.12. The molecule has 0 heterocycles. The number of aryl methyl sites for hydroxylation is 2. The third-order valence-corrected chi connectivity index (χ3v) is 6.18. The number of nitrogens with one attached hydrogen (secondary N) is 2. The Bertz CT molecular complexity index is 1260. The molecule has 0 radical (unpaired) electrons. The highest BCUT2D eigenvalue weighted by Crippen LogP contribution is 2.33. The minimum Gasteiger partial charge on any atom is -0.354 e. The highest BCUT2D eigenvalue weighted by atomic mass is 15.0. The highest BCUT2D eigenvalue weighted by molar-refractivity contribution is 5.81. The molecule has 0 unspecified atom stereocenters. The van der Waals surface area contributed by atoms with E-state index in [0.717, 1.165) is 22.7 Å². The summed E-state index contributed by atoms with van der Waals surface area (Å²) >= 11 is 0. The fraction of sp³-hybridized carbons (Fsp3) is 0.0625. The monoisotopic (exact) mass is 440 g/mol. The van der Waals surface area contributed by atoms with Gasteiger partial charge in [0.1, 0.15) is 0 Å². The molecule has 34 heavy (non-hydrogen) atoms. The molecule has 0 saturated carbocycles. The first-order valence-electron chi connectivity index (χ1n) is 11.6. The largest absolute Gasteiger partial charge is 0.354 e. The molecule has 0 bridgehead atoms. The third kappa shape index (κ3) is 4.87. The Balaban J connectivity index is 1.38. The average Bonchev–Trinajstić information content (AvgIpc) is 2.89. The van der Waals surface area contributed by atoms with E-state index < -0.39 is 0 Å². The van der Waals surface area contributed by atoms with Crippen LogP contribution in [0.1, 0.15) is 11.1 Å². The fourth-order valence-corrected chi connectivity index (χ4v) is 4.09. The summed E-state index contributed by atoms with van der Waals surface area (Å²) in [6.07, 6.45) is 0. The molecule has 0 fully saturated rings. The standard InChI is InChI=1S/C32H28N2/c1-23-21-31(33-29-17-13-27(14-18-29)25-9-5-3-6-10-25)32(22-24(23)2)34-30-19-15-28(16-20-30)26-11-7-4-8-12-26/h3-22,33-34H,1-2H3. The molecule has 0 saturated heterocycles. The van der Waals surface area contributed by atoms with E-state index in [1.165, 1.54) is 33.4 Å². The quantitative estimate of drug-likeness (QED) is 0.275. The van der Waals surface area contributed by atoms with E-state index in [1.54, 1.807) is 0 Å². The van der Waals surface area contributed by atoms with Crippen LogP contribution in [-0.2, 0) is 0 Å². The van der Waals surface area contributed by atoms with Crippen LogP contribution >= 0.6 is 0 Å². The van der Waals surface area contributed by atoms with Gasteiger partial charge in [0.2, 0.25) is 0 Å². The number of benzene rings is 5. The minimum atomic E-state index is 1.06. The number of hydrogen-bond acceptors (Lipinski definition) is 2. The molecule has 2 N–H and O–H groups in total. The highest BCUT2D eigenvalue weighted by Gasteiger charge is 2.08. The van der Waals surface area contributed by atoms with Crippen LogP contribution in [-0.4, -0.2) is 0 Å². The van der Waals surface area contributed by atoms with Crippen LogP contribution in [0.4, 0.5) is 22.7 Å². The smallest absolute Gasteiger partial charge is 0.0626 e. The first-order valence-corrected chi connectivity index (χ1v) is 11.6. The van der Waals surface area contributed by atoms with Crippen molar-refractivity contribution in [3.63, 3.8) is 0 Å². The summed E-state index contributed by atoms with van der Waals surface area (Å²) in [4.78, 5) is 0. The first-order chi connectivity index (χ1) is 16.7. The summed E-state index contributed by atoms with van der Waals surface area (Å²) in [5.74, 6) is 0. The normalized spacial score (nSPS) is 10.6. The molecule has 0 atom stereocenters. The summed E-state index contributed by atoms with van der Waals surface area (Å²) < 4.78 is 0. The van der Waals surface area contributed by atoms with Gasteiger partial charge in [-0.05, 0) is 83.6 Å². The van der Waals surface area contributed by atoms with Crippen molar-refractivity contribution in [2.75, 3.05) is 10.6 Å². The summed E-state index contributed by atoms with van der Waals surface area (Å²) in [5.41, 5.74) is 11.6. The van der Waals surface area contributed by atoms with Crippen molar-refractivity contribution >= 4 is 22.7 Å². The van der Waals surface area contributed by atoms with Crippen LogP contribution in [0.5, 0.6) is 0 Å². The zero-order valence-corrected chi connectivity index (χ0v) is 19.5. The molecule has 0 aliphatic heterocycles. The summed E-state index contributed by atoms with van der Waals surface area (Å²) in [7, 11) is 0. The number of anilines is 4. The minimum absolute atomic E-state index is 1.06. The molecule has 0 spiro atoms. The van der Waals surface area contributed by atoms with Gasteiger partial charge in [0.25, 0.3) is 0 Å². The van der Waals surface area contributed by atoms with Gasteiger partial charge in [-0.2, -0.15) is 0 Å². The number of rotatable bonds is 6. The van der Waals surface area contributed by atoms with Gasteiger partial charge in [0.15, 0.2) is 0 Å². The van der Waals surface area contributed by atoms with Crippen LogP contribution in [0.3, 0.4) is 0 Å². The second-order valence-corrected chi connectivity index (χ2v) is 8.62. The molecular weight excluding hydrogens is 412 g/mol. The lowest BCUT2D eigenvalue weighted by Gasteiger charge is -2.17. The third-order valence-electron chi connectivity index (χ3n) is 6.18. The first kappa shape index (κ1) is 21.5. The van der Waals surface area contributed by atoms with Gasteiger partial charge in [0.05, 0.1) is 11.4 Å². The Labute approximate surface area is 201 Å². The summed E-state index contributed by atoms with van der Waals surface area (Å²) in [6, 6.07) is 42.5. The van der Waals surface area contributed by atoms with E-state index >= 15 is 0 Å². The lowest BCUT2D eigenvalue weighted by molar-refractivity contribution is 1.33. The van der Waals surface area contributed by atoms with Crippen LogP contribution in [0.15, 0.2) is 121 Å². The van der Waals surface area contributed by atoms with Crippen LogP contribution < -0.4 is 10.6 Å². The summed E-state index contributed by atoms with van der Waals surface area (Å²) in [5, 5.41) is 7.23. The van der Waals surface area contributed by atoms with Crippen molar-refractivity contribution in [3.05, 3.63) is 132 Å². The number of hydrogen-bond donors (Lipinski definition) is 2. The van der Waals surface area contributed by atoms with Crippen molar-refractivity contribution < 1.29 is 0 Å². The van der Waals surface area contributed by atoms with E-state index in [2.05, 4.69) is 134 Å². The van der Waals surface area contributed by atoms with Gasteiger partial charge in [-0.15, -0.1) is 0 Å². The zero-order chi connectivity index (χ0) is 23.3. The second-order valence-electron chi connectivity index (χ2n) is 8.62. The Morgan fingerprint density at radius 1 is 0.382 bits per heavy atom. The fourth-order valence-electron chi connectivity index (χ4n) is 4.09. The van der Waals surface area contributed by atoms with E-state index in [0.29, 0.717) is 0 Å². The molecule has 2 heteroatoms. The van der Waals surface area contributed by atoms with E-state index in [-0.39, 0.29) is 0 Å². The summed E-state index contributed by atoms with van der Waals surface area (Å²) in [6.45, 7) is 4.30. The van der Waals surface area contributed by atoms with Crippen LogP contribution in [0, 0.1) is 13.8 Å². The molecule has 0 aliphatic carbocycles. The van der Waals surface area contributed by atoms with Gasteiger partial charge in [-0.1, -0.05) is 84.9 Å². The van der Waals surface area contributed by atoms with Crippen molar-refractivity contribution in [2.24, 2.45) is 0 Å².